The Labute approximate surface area is 107 Å². The van der Waals surface area contributed by atoms with Crippen LogP contribution in [0.1, 0.15) is 12.5 Å². The fourth-order valence-electron chi connectivity index (χ4n) is 2.41. The number of benzene rings is 2. The van der Waals surface area contributed by atoms with E-state index in [9.17, 15) is 0 Å². The van der Waals surface area contributed by atoms with E-state index in [0.29, 0.717) is 0 Å². The van der Waals surface area contributed by atoms with Gasteiger partial charge in [-0.2, -0.15) is 0 Å². The third kappa shape index (κ3) is 1.78. The molecule has 1 nitrogen and oxygen atoms in total. The number of hydrogen-bond donors (Lipinski definition) is 0. The fourth-order valence-corrected chi connectivity index (χ4v) is 2.41. The van der Waals surface area contributed by atoms with Gasteiger partial charge in [0.2, 0.25) is 0 Å². The molecule has 2 aromatic carbocycles. The Bertz CT molecular complexity index is 672. The van der Waals surface area contributed by atoms with Crippen molar-refractivity contribution >= 4 is 10.8 Å². The smallest absolute Gasteiger partial charge is 0.0780 e. The minimum absolute atomic E-state index is 1.05. The highest BCUT2D eigenvalue weighted by Crippen LogP contribution is 2.28. The number of aryl methyl sites for hydroxylation is 1. The van der Waals surface area contributed by atoms with Gasteiger partial charge in [-0.15, -0.1) is 0 Å². The molecule has 0 fully saturated rings. The first-order valence-corrected chi connectivity index (χ1v) is 6.32. The molecule has 3 aromatic rings. The maximum absolute atomic E-state index is 4.55. The van der Waals surface area contributed by atoms with Gasteiger partial charge in [-0.1, -0.05) is 55.5 Å². The number of hydrogen-bond acceptors (Lipinski definition) is 1. The summed E-state index contributed by atoms with van der Waals surface area (Å²) in [5.74, 6) is 0. The van der Waals surface area contributed by atoms with Gasteiger partial charge in [0, 0.05) is 17.1 Å². The molecule has 0 aliphatic carbocycles. The highest BCUT2D eigenvalue weighted by molar-refractivity contribution is 5.96. The molecule has 0 N–H and O–H groups in total. The van der Waals surface area contributed by atoms with Crippen LogP contribution >= 0.6 is 0 Å². The molecule has 0 bridgehead atoms. The first-order chi connectivity index (χ1) is 8.90. The molecule has 0 radical (unpaired) electrons. The Balaban J connectivity index is 2.32. The monoisotopic (exact) mass is 233 g/mol. The van der Waals surface area contributed by atoms with Gasteiger partial charge in [0.15, 0.2) is 0 Å². The van der Waals surface area contributed by atoms with Gasteiger partial charge in [0.25, 0.3) is 0 Å². The average molecular weight is 233 g/mol. The van der Waals surface area contributed by atoms with E-state index >= 15 is 0 Å². The Hall–Kier alpha value is -2.15. The van der Waals surface area contributed by atoms with E-state index in [1.165, 1.54) is 21.9 Å². The third-order valence-corrected chi connectivity index (χ3v) is 3.32. The molecule has 0 spiro atoms. The second kappa shape index (κ2) is 4.61. The molecular formula is C17H15N. The van der Waals surface area contributed by atoms with Crippen molar-refractivity contribution in [2.24, 2.45) is 0 Å². The van der Waals surface area contributed by atoms with Crippen LogP contribution in [0.2, 0.25) is 0 Å². The molecule has 0 amide bonds. The van der Waals surface area contributed by atoms with Gasteiger partial charge in [0.05, 0.1) is 5.69 Å². The number of pyridine rings is 1. The molecular weight excluding hydrogens is 218 g/mol. The molecule has 1 heteroatoms. The number of fused-ring (bicyclic) bond motifs is 1. The van der Waals surface area contributed by atoms with Gasteiger partial charge in [-0.25, -0.2) is 0 Å². The van der Waals surface area contributed by atoms with Crippen LogP contribution in [0.4, 0.5) is 0 Å². The largest absolute Gasteiger partial charge is 0.256 e. The van der Waals surface area contributed by atoms with Crippen molar-refractivity contribution in [2.75, 3.05) is 0 Å². The van der Waals surface area contributed by atoms with E-state index in [4.69, 9.17) is 0 Å². The minimum atomic E-state index is 1.05. The van der Waals surface area contributed by atoms with Gasteiger partial charge < -0.3 is 0 Å². The average Bonchev–Trinajstić information content (AvgIpc) is 2.47. The van der Waals surface area contributed by atoms with Gasteiger partial charge in [-0.05, 0) is 23.4 Å². The van der Waals surface area contributed by atoms with Crippen LogP contribution in [0.3, 0.4) is 0 Å². The van der Waals surface area contributed by atoms with Gasteiger partial charge in [-0.3, -0.25) is 4.98 Å². The number of aromatic nitrogens is 1. The first-order valence-electron chi connectivity index (χ1n) is 6.32. The van der Waals surface area contributed by atoms with Crippen molar-refractivity contribution in [3.05, 3.63) is 66.4 Å². The summed E-state index contributed by atoms with van der Waals surface area (Å²) in [4.78, 5) is 4.55. The van der Waals surface area contributed by atoms with Gasteiger partial charge >= 0.3 is 0 Å². The molecule has 0 aliphatic heterocycles. The highest BCUT2D eigenvalue weighted by atomic mass is 14.7. The van der Waals surface area contributed by atoms with Crippen LogP contribution < -0.4 is 0 Å². The van der Waals surface area contributed by atoms with Crippen LogP contribution in [0, 0.1) is 0 Å². The lowest BCUT2D eigenvalue weighted by Gasteiger charge is -2.08. The summed E-state index contributed by atoms with van der Waals surface area (Å²) in [5, 5.41) is 2.55. The molecule has 0 saturated heterocycles. The lowest BCUT2D eigenvalue weighted by molar-refractivity contribution is 1.16. The summed E-state index contributed by atoms with van der Waals surface area (Å²) >= 11 is 0. The van der Waals surface area contributed by atoms with Crippen LogP contribution in [-0.2, 0) is 6.42 Å². The maximum Gasteiger partial charge on any atom is 0.0780 e. The van der Waals surface area contributed by atoms with E-state index in [1.54, 1.807) is 0 Å². The zero-order chi connectivity index (χ0) is 12.4. The first kappa shape index (κ1) is 11.0. The molecule has 0 unspecified atom stereocenters. The zero-order valence-electron chi connectivity index (χ0n) is 10.4. The van der Waals surface area contributed by atoms with Crippen molar-refractivity contribution in [1.29, 1.82) is 0 Å². The highest BCUT2D eigenvalue weighted by Gasteiger charge is 2.06. The van der Waals surface area contributed by atoms with Crippen molar-refractivity contribution in [3.63, 3.8) is 0 Å². The van der Waals surface area contributed by atoms with Crippen LogP contribution in [0.15, 0.2) is 60.8 Å². The van der Waals surface area contributed by atoms with Crippen molar-refractivity contribution in [1.82, 2.24) is 4.98 Å². The minimum Gasteiger partial charge on any atom is -0.256 e. The molecule has 1 heterocycles. The Morgan fingerprint density at radius 3 is 2.44 bits per heavy atom. The van der Waals surface area contributed by atoms with E-state index in [-0.39, 0.29) is 0 Å². The second-order valence-corrected chi connectivity index (χ2v) is 4.39. The lowest BCUT2D eigenvalue weighted by atomic mass is 9.99. The van der Waals surface area contributed by atoms with Crippen LogP contribution in [-0.4, -0.2) is 4.98 Å². The topological polar surface area (TPSA) is 12.9 Å². The van der Waals surface area contributed by atoms with E-state index in [2.05, 4.69) is 60.4 Å². The van der Waals surface area contributed by atoms with E-state index in [0.717, 1.165) is 12.1 Å². The molecule has 0 saturated carbocycles. The fraction of sp³-hybridized carbons (Fsp3) is 0.118. The molecule has 0 atom stereocenters. The molecule has 3 rings (SSSR count). The summed E-state index contributed by atoms with van der Waals surface area (Å²) in [7, 11) is 0. The SMILES string of the molecule is CCc1cccc2c(-c3ccccc3)nccc12. The standard InChI is InChI=1S/C17H15N/c1-2-13-9-6-10-16-15(13)11-12-18-17(16)14-7-4-3-5-8-14/h3-12H,2H2,1H3. The summed E-state index contributed by atoms with van der Waals surface area (Å²) in [6.07, 6.45) is 2.96. The predicted octanol–water partition coefficient (Wildman–Crippen LogP) is 4.46. The number of nitrogens with zero attached hydrogens (tertiary/aromatic N) is 1. The predicted molar refractivity (Wildman–Crippen MR) is 76.6 cm³/mol. The van der Waals surface area contributed by atoms with Crippen molar-refractivity contribution < 1.29 is 0 Å². The van der Waals surface area contributed by atoms with Crippen LogP contribution in [0.5, 0.6) is 0 Å². The van der Waals surface area contributed by atoms with Crippen molar-refractivity contribution in [2.45, 2.75) is 13.3 Å². The number of rotatable bonds is 2. The summed E-state index contributed by atoms with van der Waals surface area (Å²) in [6.45, 7) is 2.19. The maximum atomic E-state index is 4.55. The molecule has 0 aliphatic rings. The van der Waals surface area contributed by atoms with Crippen LogP contribution in [0.25, 0.3) is 22.0 Å². The zero-order valence-corrected chi connectivity index (χ0v) is 10.4. The molecule has 1 aromatic heterocycles. The Kier molecular flexibility index (Phi) is 2.81. The normalized spacial score (nSPS) is 10.7. The third-order valence-electron chi connectivity index (χ3n) is 3.32. The van der Waals surface area contributed by atoms with Crippen molar-refractivity contribution in [3.8, 4) is 11.3 Å². The summed E-state index contributed by atoms with van der Waals surface area (Å²) < 4.78 is 0. The Morgan fingerprint density at radius 1 is 0.833 bits per heavy atom. The quantitative estimate of drug-likeness (QED) is 0.636. The Morgan fingerprint density at radius 2 is 1.67 bits per heavy atom. The summed E-state index contributed by atoms with van der Waals surface area (Å²) in [6, 6.07) is 18.9. The molecule has 88 valence electrons. The van der Waals surface area contributed by atoms with E-state index < -0.39 is 0 Å². The second-order valence-electron chi connectivity index (χ2n) is 4.39. The van der Waals surface area contributed by atoms with Gasteiger partial charge in [0.1, 0.15) is 0 Å². The lowest BCUT2D eigenvalue weighted by Crippen LogP contribution is -1.89. The molecule has 18 heavy (non-hydrogen) atoms. The summed E-state index contributed by atoms with van der Waals surface area (Å²) in [5.41, 5.74) is 3.63. The van der Waals surface area contributed by atoms with E-state index in [1.807, 2.05) is 12.3 Å².